The third kappa shape index (κ3) is 9.57. The number of nitrogens with one attached hydrogen (secondary N) is 3. The van der Waals surface area contributed by atoms with Gasteiger partial charge in [-0.25, -0.2) is 5.06 Å². The van der Waals surface area contributed by atoms with Crippen LogP contribution in [0.5, 0.6) is 0 Å². The van der Waals surface area contributed by atoms with E-state index in [2.05, 4.69) is 20.6 Å². The van der Waals surface area contributed by atoms with Crippen LogP contribution < -0.4 is 10.6 Å². The zero-order valence-corrected chi connectivity index (χ0v) is 19.3. The molecule has 1 amide bonds. The molecule has 1 aliphatic carbocycles. The van der Waals surface area contributed by atoms with Crippen molar-refractivity contribution >= 4 is 17.6 Å². The van der Waals surface area contributed by atoms with Crippen LogP contribution in [0.25, 0.3) is 0 Å². The van der Waals surface area contributed by atoms with Gasteiger partial charge < -0.3 is 10.6 Å². The molecule has 1 fully saturated rings. The highest BCUT2D eigenvalue weighted by atomic mass is 16.7. The van der Waals surface area contributed by atoms with Crippen molar-refractivity contribution in [1.29, 1.82) is 5.41 Å². The van der Waals surface area contributed by atoms with Crippen LogP contribution in [0.2, 0.25) is 0 Å². The van der Waals surface area contributed by atoms with Gasteiger partial charge in [0.2, 0.25) is 5.91 Å². The third-order valence-corrected chi connectivity index (χ3v) is 5.72. The van der Waals surface area contributed by atoms with E-state index in [1.807, 2.05) is 24.3 Å². The number of rotatable bonds is 12. The van der Waals surface area contributed by atoms with Crippen LogP contribution >= 0.6 is 0 Å². The summed E-state index contributed by atoms with van der Waals surface area (Å²) in [5, 5.41) is 15.6. The predicted octanol–water partition coefficient (Wildman–Crippen LogP) is 4.66. The van der Waals surface area contributed by atoms with Crippen molar-refractivity contribution in [3.8, 4) is 0 Å². The summed E-state index contributed by atoms with van der Waals surface area (Å²) in [4.78, 5) is 27.2. The van der Waals surface area contributed by atoms with E-state index >= 15 is 0 Å². The van der Waals surface area contributed by atoms with Crippen molar-refractivity contribution in [2.24, 2.45) is 0 Å². The summed E-state index contributed by atoms with van der Waals surface area (Å²) in [6.07, 6.45) is 16.9. The zero-order chi connectivity index (χ0) is 23.1. The predicted molar refractivity (Wildman–Crippen MR) is 129 cm³/mol. The molecule has 3 rings (SSSR count). The molecule has 3 N–H and O–H groups in total. The number of guanidine groups is 1. The van der Waals surface area contributed by atoms with Crippen molar-refractivity contribution in [2.45, 2.75) is 76.9 Å². The number of amides is 1. The number of hydroxylamine groups is 2. The topological polar surface area (TPSA) is 103 Å². The summed E-state index contributed by atoms with van der Waals surface area (Å²) in [5.41, 5.74) is 1.82. The maximum absolute atomic E-state index is 12.9. The highest BCUT2D eigenvalue weighted by Gasteiger charge is 2.22. The number of hydrogen-bond acceptors (Lipinski definition) is 5. The van der Waals surface area contributed by atoms with E-state index in [1.165, 1.54) is 19.3 Å². The summed E-state index contributed by atoms with van der Waals surface area (Å²) in [6.45, 7) is 1.17. The van der Waals surface area contributed by atoms with E-state index < -0.39 is 0 Å². The van der Waals surface area contributed by atoms with Crippen LogP contribution in [0.15, 0.2) is 49.1 Å². The van der Waals surface area contributed by atoms with Gasteiger partial charge in [0.05, 0.1) is 12.6 Å². The number of pyridine rings is 2. The van der Waals surface area contributed by atoms with Gasteiger partial charge in [0, 0.05) is 43.4 Å². The fraction of sp³-hybridized carbons (Fsp3) is 0.520. The Morgan fingerprint density at radius 1 is 1.03 bits per heavy atom. The van der Waals surface area contributed by atoms with Crippen molar-refractivity contribution in [3.63, 3.8) is 0 Å². The van der Waals surface area contributed by atoms with Gasteiger partial charge in [-0.1, -0.05) is 38.2 Å². The lowest BCUT2D eigenvalue weighted by atomic mass is 9.98. The van der Waals surface area contributed by atoms with E-state index in [-0.39, 0.29) is 18.0 Å². The van der Waals surface area contributed by atoms with Gasteiger partial charge in [-0.2, -0.15) is 0 Å². The van der Waals surface area contributed by atoms with E-state index in [0.29, 0.717) is 13.0 Å². The van der Waals surface area contributed by atoms with Crippen LogP contribution in [0.3, 0.4) is 0 Å². The second kappa shape index (κ2) is 14.2. The van der Waals surface area contributed by atoms with E-state index in [4.69, 9.17) is 10.2 Å². The molecule has 0 radical (unpaired) electrons. The largest absolute Gasteiger partial charge is 0.356 e. The Balaban J connectivity index is 1.32. The first-order chi connectivity index (χ1) is 16.2. The number of hydrogen-bond donors (Lipinski definition) is 3. The SMILES string of the molecule is N=C(NCCCCCCC(=O)N(Cc1cccnc1)OC1CCCCC1)Nc1ccncc1. The zero-order valence-electron chi connectivity index (χ0n) is 19.3. The molecule has 0 unspecified atom stereocenters. The first-order valence-electron chi connectivity index (χ1n) is 12.1. The van der Waals surface area contributed by atoms with Crippen molar-refractivity contribution in [2.75, 3.05) is 11.9 Å². The molecule has 1 aliphatic rings. The number of carbonyl (C=O) groups excluding carboxylic acids is 1. The van der Waals surface area contributed by atoms with Gasteiger partial charge in [0.25, 0.3) is 0 Å². The van der Waals surface area contributed by atoms with Crippen molar-refractivity contribution < 1.29 is 9.63 Å². The average Bonchev–Trinajstić information content (AvgIpc) is 2.85. The number of carbonyl (C=O) groups is 1. The lowest BCUT2D eigenvalue weighted by Gasteiger charge is -2.29. The Morgan fingerprint density at radius 2 is 1.82 bits per heavy atom. The lowest BCUT2D eigenvalue weighted by molar-refractivity contribution is -0.215. The number of aromatic nitrogens is 2. The van der Waals surface area contributed by atoms with Gasteiger partial charge in [0.15, 0.2) is 5.96 Å². The first kappa shape index (κ1) is 24.6. The molecule has 0 atom stereocenters. The summed E-state index contributed by atoms with van der Waals surface area (Å²) < 4.78 is 0. The first-order valence-corrected chi connectivity index (χ1v) is 12.1. The van der Waals surface area contributed by atoms with Crippen LogP contribution in [-0.2, 0) is 16.2 Å². The molecule has 8 heteroatoms. The van der Waals surface area contributed by atoms with E-state index in [1.54, 1.807) is 29.9 Å². The smallest absolute Gasteiger partial charge is 0.246 e. The quantitative estimate of drug-likeness (QED) is 0.187. The molecular formula is C25H36N6O2. The monoisotopic (exact) mass is 452 g/mol. The minimum Gasteiger partial charge on any atom is -0.356 e. The van der Waals surface area contributed by atoms with Gasteiger partial charge >= 0.3 is 0 Å². The highest BCUT2D eigenvalue weighted by Crippen LogP contribution is 2.22. The number of anilines is 1. The lowest BCUT2D eigenvalue weighted by Crippen LogP contribution is -2.35. The maximum atomic E-state index is 12.9. The fourth-order valence-corrected chi connectivity index (χ4v) is 3.91. The third-order valence-electron chi connectivity index (χ3n) is 5.72. The van der Waals surface area contributed by atoms with Gasteiger partial charge in [-0.15, -0.1) is 0 Å². The second-order valence-electron chi connectivity index (χ2n) is 8.48. The molecular weight excluding hydrogens is 416 g/mol. The number of nitrogens with zero attached hydrogens (tertiary/aromatic N) is 3. The fourth-order valence-electron chi connectivity index (χ4n) is 3.91. The molecule has 0 spiro atoms. The molecule has 2 aromatic rings. The van der Waals surface area contributed by atoms with Gasteiger partial charge in [-0.3, -0.25) is 25.0 Å². The van der Waals surface area contributed by atoms with Gasteiger partial charge in [0.1, 0.15) is 0 Å². The minimum atomic E-state index is 0.0471. The van der Waals surface area contributed by atoms with Crippen LogP contribution in [-0.4, -0.2) is 39.5 Å². The molecule has 0 saturated heterocycles. The molecule has 1 saturated carbocycles. The van der Waals surface area contributed by atoms with E-state index in [0.717, 1.165) is 56.3 Å². The van der Waals surface area contributed by atoms with Crippen LogP contribution in [0.4, 0.5) is 5.69 Å². The normalized spacial score (nSPS) is 13.9. The van der Waals surface area contributed by atoms with E-state index in [9.17, 15) is 4.79 Å². The Hall–Kier alpha value is -3.00. The molecule has 8 nitrogen and oxygen atoms in total. The molecule has 2 aromatic heterocycles. The van der Waals surface area contributed by atoms with Crippen molar-refractivity contribution in [1.82, 2.24) is 20.3 Å². The molecule has 33 heavy (non-hydrogen) atoms. The summed E-state index contributed by atoms with van der Waals surface area (Å²) in [7, 11) is 0. The standard InChI is InChI=1S/C25H36N6O2/c26-25(30-22-13-17-27-18-14-22)29-16-7-2-1-6-12-24(32)31(20-21-9-8-15-28-19-21)33-23-10-4-3-5-11-23/h8-9,13-15,17-19,23H,1-7,10-12,16,20H2,(H3,26,27,29,30). The molecule has 2 heterocycles. The van der Waals surface area contributed by atoms with Crippen LogP contribution in [0.1, 0.15) is 69.8 Å². The summed E-state index contributed by atoms with van der Waals surface area (Å²) >= 11 is 0. The highest BCUT2D eigenvalue weighted by molar-refractivity contribution is 5.90. The van der Waals surface area contributed by atoms with Gasteiger partial charge in [-0.05, 0) is 49.4 Å². The Morgan fingerprint density at radius 3 is 2.58 bits per heavy atom. The summed E-state index contributed by atoms with van der Waals surface area (Å²) in [5.74, 6) is 0.327. The van der Waals surface area contributed by atoms with Crippen LogP contribution in [0, 0.1) is 5.41 Å². The Bertz CT molecular complexity index is 827. The van der Waals surface area contributed by atoms with Crippen molar-refractivity contribution in [3.05, 3.63) is 54.6 Å². The second-order valence-corrected chi connectivity index (χ2v) is 8.48. The molecule has 0 aromatic carbocycles. The maximum Gasteiger partial charge on any atom is 0.246 e. The summed E-state index contributed by atoms with van der Waals surface area (Å²) in [6, 6.07) is 7.51. The molecule has 0 aliphatic heterocycles. The Labute approximate surface area is 196 Å². The Kier molecular flexibility index (Phi) is 10.6. The number of unbranched alkanes of at least 4 members (excludes halogenated alkanes) is 3. The average molecular weight is 453 g/mol. The molecule has 178 valence electrons. The minimum absolute atomic E-state index is 0.0471. The molecule has 0 bridgehead atoms.